The van der Waals surface area contributed by atoms with Crippen LogP contribution in [0.25, 0.3) is 0 Å². The zero-order chi connectivity index (χ0) is 6.57. The normalized spacial score (nSPS) is 8.75. The van der Waals surface area contributed by atoms with Crippen molar-refractivity contribution in [1.29, 1.82) is 0 Å². The van der Waals surface area contributed by atoms with E-state index in [-0.39, 0.29) is 0 Å². The molecule has 0 heterocycles. The molecule has 0 bridgehead atoms. The van der Waals surface area contributed by atoms with E-state index < -0.39 is 10.3 Å². The van der Waals surface area contributed by atoms with E-state index in [0.29, 0.717) is 21.6 Å². The molecule has 0 spiro atoms. The van der Waals surface area contributed by atoms with E-state index >= 15 is 0 Å². The maximum Gasteiger partial charge on any atom is 0.160 e. The molecular formula is C4H4F2S2. The number of hydrogen-bond acceptors (Lipinski definition) is 2. The lowest BCUT2D eigenvalue weighted by Gasteiger charge is -1.88. The fourth-order valence-electron chi connectivity index (χ4n) is 0.0904. The molecule has 0 aromatic carbocycles. The van der Waals surface area contributed by atoms with E-state index in [1.54, 1.807) is 0 Å². The predicted molar refractivity (Wildman–Crippen MR) is 35.7 cm³/mol. The molecule has 0 atom stereocenters. The molecule has 0 amide bonds. The molecule has 0 aliphatic rings. The van der Waals surface area contributed by atoms with Gasteiger partial charge in [0.05, 0.1) is 0 Å². The maximum absolute atomic E-state index is 11.6. The van der Waals surface area contributed by atoms with Crippen LogP contribution in [0.15, 0.2) is 23.5 Å². The van der Waals surface area contributed by atoms with E-state index in [4.69, 9.17) is 0 Å². The van der Waals surface area contributed by atoms with Crippen LogP contribution in [-0.2, 0) is 0 Å². The first-order valence-corrected chi connectivity index (χ1v) is 3.81. The van der Waals surface area contributed by atoms with E-state index in [0.717, 1.165) is 0 Å². The molecule has 0 rings (SSSR count). The predicted octanol–water partition coefficient (Wildman–Crippen LogP) is 3.25. The molecule has 0 aromatic rings. The van der Waals surface area contributed by atoms with Crippen molar-refractivity contribution < 1.29 is 8.78 Å². The second-order valence-electron chi connectivity index (χ2n) is 0.877. The van der Waals surface area contributed by atoms with Crippen LogP contribution in [0.2, 0.25) is 0 Å². The van der Waals surface area contributed by atoms with Crippen molar-refractivity contribution in [3.05, 3.63) is 23.5 Å². The van der Waals surface area contributed by atoms with Gasteiger partial charge in [0, 0.05) is 0 Å². The van der Waals surface area contributed by atoms with Crippen LogP contribution in [0.4, 0.5) is 8.78 Å². The van der Waals surface area contributed by atoms with Crippen molar-refractivity contribution in [3.8, 4) is 0 Å². The smallest absolute Gasteiger partial charge is 0.160 e. The zero-order valence-electron chi connectivity index (χ0n) is 3.99. The minimum absolute atomic E-state index is 0.617. The van der Waals surface area contributed by atoms with Crippen LogP contribution in [0.3, 0.4) is 0 Å². The van der Waals surface area contributed by atoms with Crippen molar-refractivity contribution in [2.24, 2.45) is 0 Å². The summed E-state index contributed by atoms with van der Waals surface area (Å²) in [6.07, 6.45) is 0. The van der Waals surface area contributed by atoms with Gasteiger partial charge in [0.25, 0.3) is 0 Å². The van der Waals surface area contributed by atoms with Gasteiger partial charge in [0.15, 0.2) is 10.3 Å². The molecule has 0 aromatic heterocycles. The molecule has 0 N–H and O–H groups in total. The van der Waals surface area contributed by atoms with Gasteiger partial charge >= 0.3 is 0 Å². The third kappa shape index (κ3) is 6.04. The molecule has 0 aliphatic carbocycles. The third-order valence-corrected chi connectivity index (χ3v) is 2.00. The topological polar surface area (TPSA) is 0 Å². The Labute approximate surface area is 54.4 Å². The summed E-state index contributed by atoms with van der Waals surface area (Å²) in [4.78, 5) is 0. The molecule has 8 heavy (non-hydrogen) atoms. The fourth-order valence-corrected chi connectivity index (χ4v) is 0.814. The fraction of sp³-hybridized carbons (Fsp3) is 0. The average Bonchev–Trinajstić information content (AvgIpc) is 1.61. The molecule has 0 unspecified atom stereocenters. The summed E-state index contributed by atoms with van der Waals surface area (Å²) >= 11 is 0. The highest BCUT2D eigenvalue weighted by molar-refractivity contribution is 8.79. The third-order valence-electron chi connectivity index (χ3n) is 0.223. The van der Waals surface area contributed by atoms with Gasteiger partial charge in [-0.25, -0.2) is 0 Å². The Balaban J connectivity index is 3.18. The first kappa shape index (κ1) is 8.04. The van der Waals surface area contributed by atoms with Crippen molar-refractivity contribution in [2.45, 2.75) is 0 Å². The van der Waals surface area contributed by atoms with Gasteiger partial charge in [0.1, 0.15) is 0 Å². The first-order valence-electron chi connectivity index (χ1n) is 1.66. The molecule has 0 nitrogen and oxygen atoms in total. The Kier molecular flexibility index (Phi) is 3.99. The van der Waals surface area contributed by atoms with Crippen LogP contribution < -0.4 is 0 Å². The summed E-state index contributed by atoms with van der Waals surface area (Å²) in [6.45, 7) is 5.79. The summed E-state index contributed by atoms with van der Waals surface area (Å²) in [5.41, 5.74) is 0. The first-order chi connectivity index (χ1) is 3.63. The van der Waals surface area contributed by atoms with Gasteiger partial charge in [-0.3, -0.25) is 0 Å². The van der Waals surface area contributed by atoms with E-state index in [1.807, 2.05) is 0 Å². The van der Waals surface area contributed by atoms with E-state index in [9.17, 15) is 8.78 Å². The van der Waals surface area contributed by atoms with Gasteiger partial charge in [-0.05, 0) is 21.6 Å². The Morgan fingerprint density at radius 3 is 1.38 bits per heavy atom. The lowest BCUT2D eigenvalue weighted by Crippen LogP contribution is -1.52. The highest BCUT2D eigenvalue weighted by atomic mass is 33.1. The lowest BCUT2D eigenvalue weighted by atomic mass is 11.2. The second kappa shape index (κ2) is 3.97. The summed E-state index contributed by atoms with van der Waals surface area (Å²) in [7, 11) is 1.24. The molecule has 4 heteroatoms. The number of hydrogen-bond donors (Lipinski definition) is 0. The van der Waals surface area contributed by atoms with Gasteiger partial charge in [0.2, 0.25) is 0 Å². The summed E-state index contributed by atoms with van der Waals surface area (Å²) in [5, 5.41) is -1.23. The Bertz CT molecular complexity index is 96.6. The molecule has 0 fully saturated rings. The Morgan fingerprint density at radius 1 is 1.00 bits per heavy atom. The van der Waals surface area contributed by atoms with Gasteiger partial charge < -0.3 is 0 Å². The van der Waals surface area contributed by atoms with Crippen molar-refractivity contribution >= 4 is 21.6 Å². The molecular weight excluding hydrogens is 150 g/mol. The molecule has 0 saturated heterocycles. The van der Waals surface area contributed by atoms with Gasteiger partial charge in [-0.2, -0.15) is 8.78 Å². The van der Waals surface area contributed by atoms with Gasteiger partial charge in [-0.15, -0.1) is 0 Å². The average molecular weight is 154 g/mol. The van der Waals surface area contributed by atoms with Crippen LogP contribution in [0, 0.1) is 0 Å². The van der Waals surface area contributed by atoms with Crippen LogP contribution in [0.5, 0.6) is 0 Å². The van der Waals surface area contributed by atoms with Crippen LogP contribution >= 0.6 is 21.6 Å². The maximum atomic E-state index is 11.6. The molecule has 0 aliphatic heterocycles. The van der Waals surface area contributed by atoms with E-state index in [1.165, 1.54) is 0 Å². The number of halogens is 2. The largest absolute Gasteiger partial charge is 0.199 e. The Morgan fingerprint density at radius 2 is 1.25 bits per heavy atom. The number of rotatable bonds is 3. The minimum Gasteiger partial charge on any atom is -0.199 e. The van der Waals surface area contributed by atoms with Gasteiger partial charge in [-0.1, -0.05) is 13.2 Å². The second-order valence-corrected chi connectivity index (χ2v) is 3.10. The summed E-state index contributed by atoms with van der Waals surface area (Å²) in [6, 6.07) is 0. The SMILES string of the molecule is C=C(F)SSC(=C)F. The molecule has 46 valence electrons. The standard InChI is InChI=1S/C4H4F2S2/c1-3(5)7-8-4(2)6/h1-2H2. The minimum atomic E-state index is -0.617. The van der Waals surface area contributed by atoms with Crippen molar-refractivity contribution in [3.63, 3.8) is 0 Å². The summed E-state index contributed by atoms with van der Waals surface area (Å²) < 4.78 is 23.2. The summed E-state index contributed by atoms with van der Waals surface area (Å²) in [5.74, 6) is 0. The quantitative estimate of drug-likeness (QED) is 0.572. The van der Waals surface area contributed by atoms with Crippen LogP contribution in [0.1, 0.15) is 0 Å². The highest BCUT2D eigenvalue weighted by Gasteiger charge is 1.94. The monoisotopic (exact) mass is 154 g/mol. The van der Waals surface area contributed by atoms with Crippen LogP contribution in [-0.4, -0.2) is 0 Å². The highest BCUT2D eigenvalue weighted by Crippen LogP contribution is 2.35. The molecule has 0 radical (unpaired) electrons. The van der Waals surface area contributed by atoms with Crippen molar-refractivity contribution in [2.75, 3.05) is 0 Å². The zero-order valence-corrected chi connectivity index (χ0v) is 5.62. The Hall–Kier alpha value is 0.0400. The van der Waals surface area contributed by atoms with Crippen molar-refractivity contribution in [1.82, 2.24) is 0 Å². The lowest BCUT2D eigenvalue weighted by molar-refractivity contribution is 0.702. The molecule has 0 saturated carbocycles. The van der Waals surface area contributed by atoms with E-state index in [2.05, 4.69) is 13.2 Å².